The second-order valence-electron chi connectivity index (χ2n) is 4.48. The van der Waals surface area contributed by atoms with E-state index in [0.717, 1.165) is 23.7 Å². The standard InChI is InChI=1S/C17H19OP/c1-3-13-9-8-10-14(4-2)16(13)17(18)19-15-11-6-5-7-12-15/h5-12,19H,3-4H2,1-2H3. The summed E-state index contributed by atoms with van der Waals surface area (Å²) < 4.78 is 0. The fourth-order valence-corrected chi connectivity index (χ4v) is 3.32. The molecule has 0 bridgehead atoms. The van der Waals surface area contributed by atoms with Crippen LogP contribution in [-0.2, 0) is 12.8 Å². The summed E-state index contributed by atoms with van der Waals surface area (Å²) in [6.45, 7) is 4.22. The van der Waals surface area contributed by atoms with E-state index in [1.807, 2.05) is 30.3 Å². The first-order valence-corrected chi connectivity index (χ1v) is 7.73. The van der Waals surface area contributed by atoms with Gasteiger partial charge in [0, 0.05) is 5.56 Å². The highest BCUT2D eigenvalue weighted by atomic mass is 31.1. The minimum atomic E-state index is 0.216. The quantitative estimate of drug-likeness (QED) is 0.752. The van der Waals surface area contributed by atoms with E-state index in [1.165, 1.54) is 11.1 Å². The molecule has 2 rings (SSSR count). The minimum Gasteiger partial charge on any atom is -0.289 e. The Labute approximate surface area is 116 Å². The van der Waals surface area contributed by atoms with Gasteiger partial charge in [0.25, 0.3) is 0 Å². The minimum absolute atomic E-state index is 0.216. The monoisotopic (exact) mass is 270 g/mol. The number of rotatable bonds is 5. The lowest BCUT2D eigenvalue weighted by Crippen LogP contribution is -2.07. The Morgan fingerprint density at radius 2 is 1.47 bits per heavy atom. The molecule has 0 radical (unpaired) electrons. The van der Waals surface area contributed by atoms with Crippen LogP contribution in [0.1, 0.15) is 35.3 Å². The van der Waals surface area contributed by atoms with Crippen LogP contribution in [0.2, 0.25) is 0 Å². The molecule has 98 valence electrons. The fraction of sp³-hybridized carbons (Fsp3) is 0.235. The van der Waals surface area contributed by atoms with Gasteiger partial charge >= 0.3 is 0 Å². The van der Waals surface area contributed by atoms with Crippen LogP contribution in [0.4, 0.5) is 0 Å². The highest BCUT2D eigenvalue weighted by Gasteiger charge is 2.14. The van der Waals surface area contributed by atoms with E-state index in [4.69, 9.17) is 0 Å². The summed E-state index contributed by atoms with van der Waals surface area (Å²) in [6, 6.07) is 16.2. The van der Waals surface area contributed by atoms with Crippen LogP contribution in [-0.4, -0.2) is 5.52 Å². The van der Waals surface area contributed by atoms with Gasteiger partial charge in [-0.15, -0.1) is 0 Å². The lowest BCUT2D eigenvalue weighted by Gasteiger charge is -2.12. The average Bonchev–Trinajstić information content (AvgIpc) is 2.47. The average molecular weight is 270 g/mol. The van der Waals surface area contributed by atoms with E-state index < -0.39 is 0 Å². The van der Waals surface area contributed by atoms with Gasteiger partial charge in [0.1, 0.15) is 0 Å². The maximum absolute atomic E-state index is 12.6. The predicted octanol–water partition coefficient (Wildman–Crippen LogP) is 3.96. The van der Waals surface area contributed by atoms with E-state index in [9.17, 15) is 4.79 Å². The highest BCUT2D eigenvalue weighted by molar-refractivity contribution is 7.66. The molecular weight excluding hydrogens is 251 g/mol. The number of aryl methyl sites for hydroxylation is 2. The van der Waals surface area contributed by atoms with Crippen molar-refractivity contribution in [2.75, 3.05) is 0 Å². The summed E-state index contributed by atoms with van der Waals surface area (Å²) >= 11 is 0. The summed E-state index contributed by atoms with van der Waals surface area (Å²) in [5.74, 6) is 0. The Hall–Kier alpha value is -1.46. The van der Waals surface area contributed by atoms with E-state index in [-0.39, 0.29) is 14.1 Å². The second kappa shape index (κ2) is 6.63. The molecule has 0 aliphatic rings. The summed E-state index contributed by atoms with van der Waals surface area (Å²) in [5.41, 5.74) is 3.57. The Kier molecular flexibility index (Phi) is 4.87. The number of hydrogen-bond donors (Lipinski definition) is 0. The Morgan fingerprint density at radius 1 is 0.895 bits per heavy atom. The zero-order chi connectivity index (χ0) is 13.7. The predicted molar refractivity (Wildman–Crippen MR) is 83.9 cm³/mol. The van der Waals surface area contributed by atoms with Crippen molar-refractivity contribution in [3.05, 3.63) is 65.2 Å². The maximum atomic E-state index is 12.6. The molecule has 19 heavy (non-hydrogen) atoms. The Balaban J connectivity index is 2.33. The van der Waals surface area contributed by atoms with Gasteiger partial charge in [0.15, 0.2) is 5.52 Å². The SMILES string of the molecule is CCc1cccc(CC)c1C(=O)Pc1ccccc1. The molecule has 1 nitrogen and oxygen atoms in total. The summed E-state index contributed by atoms with van der Waals surface area (Å²) in [7, 11) is 0.216. The van der Waals surface area contributed by atoms with Crippen LogP contribution in [0, 0.1) is 0 Å². The van der Waals surface area contributed by atoms with Gasteiger partial charge in [-0.1, -0.05) is 62.4 Å². The fourth-order valence-electron chi connectivity index (χ4n) is 2.25. The first-order valence-electron chi connectivity index (χ1n) is 6.73. The van der Waals surface area contributed by atoms with Crippen LogP contribution in [0.3, 0.4) is 0 Å². The molecule has 0 aromatic heterocycles. The Bertz CT molecular complexity index is 538. The molecule has 1 unspecified atom stereocenters. The zero-order valence-corrected chi connectivity index (χ0v) is 12.4. The van der Waals surface area contributed by atoms with Gasteiger partial charge in [0.2, 0.25) is 0 Å². The first kappa shape index (κ1) is 14.0. The van der Waals surface area contributed by atoms with Crippen LogP contribution in [0.25, 0.3) is 0 Å². The molecule has 0 aliphatic carbocycles. The van der Waals surface area contributed by atoms with Crippen molar-refractivity contribution in [1.29, 1.82) is 0 Å². The van der Waals surface area contributed by atoms with Crippen molar-refractivity contribution in [1.82, 2.24) is 0 Å². The van der Waals surface area contributed by atoms with Gasteiger partial charge in [-0.05, 0) is 37.9 Å². The van der Waals surface area contributed by atoms with E-state index in [2.05, 4.69) is 32.0 Å². The smallest absolute Gasteiger partial charge is 0.186 e. The molecule has 0 aliphatic heterocycles. The van der Waals surface area contributed by atoms with Crippen molar-refractivity contribution in [2.24, 2.45) is 0 Å². The normalized spacial score (nSPS) is 11.1. The third-order valence-corrected chi connectivity index (χ3v) is 4.36. The molecule has 0 amide bonds. The first-order chi connectivity index (χ1) is 9.26. The van der Waals surface area contributed by atoms with E-state index >= 15 is 0 Å². The lowest BCUT2D eigenvalue weighted by molar-refractivity contribution is 0.108. The third-order valence-electron chi connectivity index (χ3n) is 3.26. The molecule has 0 saturated heterocycles. The highest BCUT2D eigenvalue weighted by Crippen LogP contribution is 2.25. The van der Waals surface area contributed by atoms with Crippen LogP contribution >= 0.6 is 8.58 Å². The van der Waals surface area contributed by atoms with Crippen molar-refractivity contribution < 1.29 is 4.79 Å². The molecule has 0 fully saturated rings. The van der Waals surface area contributed by atoms with Gasteiger partial charge in [0.05, 0.1) is 0 Å². The van der Waals surface area contributed by atoms with E-state index in [0.29, 0.717) is 0 Å². The molecule has 0 saturated carbocycles. The molecular formula is C17H19OP. The van der Waals surface area contributed by atoms with Crippen molar-refractivity contribution in [3.8, 4) is 0 Å². The zero-order valence-electron chi connectivity index (χ0n) is 11.4. The van der Waals surface area contributed by atoms with Gasteiger partial charge in [-0.2, -0.15) is 0 Å². The number of carbonyl (C=O) groups excluding carboxylic acids is 1. The Morgan fingerprint density at radius 3 is 2.00 bits per heavy atom. The van der Waals surface area contributed by atoms with Crippen LogP contribution in [0.15, 0.2) is 48.5 Å². The summed E-state index contributed by atoms with van der Waals surface area (Å²) in [5, 5.41) is 1.11. The molecule has 0 N–H and O–H groups in total. The second-order valence-corrected chi connectivity index (χ2v) is 5.76. The van der Waals surface area contributed by atoms with Crippen molar-refractivity contribution >= 4 is 19.4 Å². The molecule has 2 aromatic rings. The van der Waals surface area contributed by atoms with Crippen molar-refractivity contribution in [3.63, 3.8) is 0 Å². The summed E-state index contributed by atoms with van der Waals surface area (Å²) in [4.78, 5) is 12.6. The molecule has 0 heterocycles. The van der Waals surface area contributed by atoms with Crippen molar-refractivity contribution in [2.45, 2.75) is 26.7 Å². The van der Waals surface area contributed by atoms with E-state index in [1.54, 1.807) is 0 Å². The topological polar surface area (TPSA) is 17.1 Å². The molecule has 1 atom stereocenters. The maximum Gasteiger partial charge on any atom is 0.186 e. The number of hydrogen-bond acceptors (Lipinski definition) is 1. The molecule has 2 aromatic carbocycles. The summed E-state index contributed by atoms with van der Waals surface area (Å²) in [6.07, 6.45) is 1.82. The van der Waals surface area contributed by atoms with Gasteiger partial charge < -0.3 is 0 Å². The molecule has 0 spiro atoms. The number of carbonyl (C=O) groups is 1. The molecule has 2 heteroatoms. The number of benzene rings is 2. The van der Waals surface area contributed by atoms with Crippen LogP contribution in [0.5, 0.6) is 0 Å². The van der Waals surface area contributed by atoms with Crippen LogP contribution < -0.4 is 5.30 Å². The third kappa shape index (κ3) is 3.30. The van der Waals surface area contributed by atoms with Gasteiger partial charge in [-0.3, -0.25) is 4.79 Å². The lowest BCUT2D eigenvalue weighted by atomic mass is 9.98. The van der Waals surface area contributed by atoms with Gasteiger partial charge in [-0.25, -0.2) is 0 Å². The largest absolute Gasteiger partial charge is 0.289 e.